The van der Waals surface area contributed by atoms with Crippen LogP contribution in [0.2, 0.25) is 0 Å². The first-order valence-corrected chi connectivity index (χ1v) is 10.3. The Bertz CT molecular complexity index is 939. The van der Waals surface area contributed by atoms with Gasteiger partial charge in [-0.1, -0.05) is 50.6 Å². The minimum absolute atomic E-state index is 0.0112. The van der Waals surface area contributed by atoms with Gasteiger partial charge in [-0.15, -0.1) is 0 Å². The maximum absolute atomic E-state index is 13.6. The van der Waals surface area contributed by atoms with Crippen LogP contribution in [-0.4, -0.2) is 43.9 Å². The van der Waals surface area contributed by atoms with Crippen molar-refractivity contribution in [1.29, 1.82) is 0 Å². The summed E-state index contributed by atoms with van der Waals surface area (Å²) in [5, 5.41) is 0. The van der Waals surface area contributed by atoms with E-state index in [2.05, 4.69) is 0 Å². The molecule has 0 saturated heterocycles. The fourth-order valence-corrected chi connectivity index (χ4v) is 3.53. The summed E-state index contributed by atoms with van der Waals surface area (Å²) in [6.45, 7) is 5.90. The molecule has 0 spiro atoms. The van der Waals surface area contributed by atoms with Crippen molar-refractivity contribution in [2.24, 2.45) is 10.9 Å². The Morgan fingerprint density at radius 2 is 1.90 bits per heavy atom. The highest BCUT2D eigenvalue weighted by Crippen LogP contribution is 2.33. The predicted octanol–water partition coefficient (Wildman–Crippen LogP) is 3.86. The number of aliphatic imine (C=N–C) groups is 1. The van der Waals surface area contributed by atoms with Crippen LogP contribution in [0.4, 0.5) is 5.69 Å². The molecule has 0 aromatic heterocycles. The molecule has 2 atom stereocenters. The van der Waals surface area contributed by atoms with Gasteiger partial charge in [-0.05, 0) is 31.0 Å². The highest BCUT2D eigenvalue weighted by Gasteiger charge is 2.36. The van der Waals surface area contributed by atoms with Gasteiger partial charge in [0.25, 0.3) is 5.91 Å². The van der Waals surface area contributed by atoms with E-state index in [-0.39, 0.29) is 25.0 Å². The van der Waals surface area contributed by atoms with Gasteiger partial charge in [0, 0.05) is 11.1 Å². The third-order valence-electron chi connectivity index (χ3n) is 5.36. The number of carbonyl (C=O) groups is 2. The molecule has 30 heavy (non-hydrogen) atoms. The van der Waals surface area contributed by atoms with Crippen molar-refractivity contribution in [3.8, 4) is 5.75 Å². The average molecular weight is 408 g/mol. The normalized spacial score (nSPS) is 16.9. The van der Waals surface area contributed by atoms with Crippen molar-refractivity contribution in [1.82, 2.24) is 0 Å². The van der Waals surface area contributed by atoms with Gasteiger partial charge in [0.2, 0.25) is 0 Å². The molecule has 6 heteroatoms. The third-order valence-corrected chi connectivity index (χ3v) is 5.36. The van der Waals surface area contributed by atoms with Crippen molar-refractivity contribution < 1.29 is 19.1 Å². The summed E-state index contributed by atoms with van der Waals surface area (Å²) >= 11 is 0. The quantitative estimate of drug-likeness (QED) is 0.653. The first kappa shape index (κ1) is 21.6. The van der Waals surface area contributed by atoms with E-state index in [4.69, 9.17) is 14.5 Å². The number of nitrogens with zero attached hydrogens (tertiary/aromatic N) is 2. The fourth-order valence-electron chi connectivity index (χ4n) is 3.53. The largest absolute Gasteiger partial charge is 0.497 e. The third kappa shape index (κ3) is 4.37. The second-order valence-corrected chi connectivity index (χ2v) is 7.29. The molecule has 1 aliphatic rings. The lowest BCUT2D eigenvalue weighted by molar-refractivity contribution is -0.142. The first-order valence-electron chi connectivity index (χ1n) is 10.3. The minimum atomic E-state index is -0.599. The smallest absolute Gasteiger partial charge is 0.326 e. The average Bonchev–Trinajstić information content (AvgIpc) is 2.88. The number of anilines is 1. The number of esters is 1. The van der Waals surface area contributed by atoms with Gasteiger partial charge >= 0.3 is 5.97 Å². The van der Waals surface area contributed by atoms with E-state index in [0.29, 0.717) is 11.4 Å². The van der Waals surface area contributed by atoms with Crippen molar-refractivity contribution in [2.45, 2.75) is 33.2 Å². The van der Waals surface area contributed by atoms with E-state index >= 15 is 0 Å². The maximum Gasteiger partial charge on any atom is 0.326 e. The molecule has 0 bridgehead atoms. The molecule has 0 saturated carbocycles. The molecule has 0 radical (unpaired) electrons. The number of hydrogen-bond donors (Lipinski definition) is 0. The number of fused-ring (bicyclic) bond motifs is 1. The standard InChI is InChI=1S/C24H28N2O4/c1-5-16(3)22-24(28)26(15-21(27)30-6-2)20-13-12-18(29-4)14-19(20)23(25-22)17-10-8-7-9-11-17/h7-14,16,22H,5-6,15H2,1-4H3/t16-,22?/m0/s1. The molecule has 2 aromatic carbocycles. The van der Waals surface area contributed by atoms with Crippen LogP contribution in [0.3, 0.4) is 0 Å². The number of ether oxygens (including phenoxy) is 2. The highest BCUT2D eigenvalue weighted by molar-refractivity contribution is 6.20. The van der Waals surface area contributed by atoms with Crippen molar-refractivity contribution in [2.75, 3.05) is 25.2 Å². The molecular weight excluding hydrogens is 380 g/mol. The fraction of sp³-hybridized carbons (Fsp3) is 0.375. The van der Waals surface area contributed by atoms with Crippen LogP contribution in [0.5, 0.6) is 5.75 Å². The van der Waals surface area contributed by atoms with E-state index < -0.39 is 12.0 Å². The Hall–Kier alpha value is -3.15. The van der Waals surface area contributed by atoms with E-state index in [0.717, 1.165) is 23.3 Å². The lowest BCUT2D eigenvalue weighted by Crippen LogP contribution is -2.43. The molecule has 1 unspecified atom stereocenters. The molecule has 3 rings (SSSR count). The topological polar surface area (TPSA) is 68.2 Å². The van der Waals surface area contributed by atoms with E-state index in [1.165, 1.54) is 4.90 Å². The molecule has 158 valence electrons. The Labute approximate surface area is 177 Å². The number of amides is 1. The minimum Gasteiger partial charge on any atom is -0.497 e. The van der Waals surface area contributed by atoms with Gasteiger partial charge in [-0.2, -0.15) is 0 Å². The van der Waals surface area contributed by atoms with E-state index in [1.807, 2.05) is 56.3 Å². The van der Waals surface area contributed by atoms with Gasteiger partial charge in [-0.25, -0.2) is 0 Å². The van der Waals surface area contributed by atoms with Crippen LogP contribution < -0.4 is 9.64 Å². The Kier molecular flexibility index (Phi) is 6.87. The SMILES string of the molecule is CCOC(=O)CN1C(=O)C([C@@H](C)CC)N=C(c2ccccc2)c2cc(OC)ccc21. The van der Waals surface area contributed by atoms with Crippen LogP contribution in [0.1, 0.15) is 38.3 Å². The van der Waals surface area contributed by atoms with Gasteiger partial charge in [0.1, 0.15) is 18.3 Å². The van der Waals surface area contributed by atoms with Crippen LogP contribution in [0, 0.1) is 5.92 Å². The van der Waals surface area contributed by atoms with Gasteiger partial charge in [-0.3, -0.25) is 19.5 Å². The summed E-state index contributed by atoms with van der Waals surface area (Å²) in [6, 6.07) is 14.6. The summed E-state index contributed by atoms with van der Waals surface area (Å²) in [4.78, 5) is 32.3. The molecule has 0 N–H and O–H groups in total. The number of hydrogen-bond acceptors (Lipinski definition) is 5. The summed E-state index contributed by atoms with van der Waals surface area (Å²) in [6.07, 6.45) is 0.787. The van der Waals surface area contributed by atoms with Gasteiger partial charge in [0.15, 0.2) is 0 Å². The molecule has 2 aromatic rings. The number of rotatable bonds is 7. The molecule has 0 aliphatic carbocycles. The van der Waals surface area contributed by atoms with E-state index in [1.54, 1.807) is 20.1 Å². The van der Waals surface area contributed by atoms with Crippen molar-refractivity contribution in [3.63, 3.8) is 0 Å². The monoisotopic (exact) mass is 408 g/mol. The number of benzodiazepines with no additional fused rings is 1. The predicted molar refractivity (Wildman–Crippen MR) is 117 cm³/mol. The molecule has 6 nitrogen and oxygen atoms in total. The zero-order valence-corrected chi connectivity index (χ0v) is 17.9. The van der Waals surface area contributed by atoms with Crippen LogP contribution in [0.15, 0.2) is 53.5 Å². The summed E-state index contributed by atoms with van der Waals surface area (Å²) < 4.78 is 10.6. The van der Waals surface area contributed by atoms with Crippen LogP contribution >= 0.6 is 0 Å². The number of benzene rings is 2. The zero-order chi connectivity index (χ0) is 21.7. The second kappa shape index (κ2) is 9.57. The number of methoxy groups -OCH3 is 1. The highest BCUT2D eigenvalue weighted by atomic mass is 16.5. The molecule has 1 amide bonds. The van der Waals surface area contributed by atoms with E-state index in [9.17, 15) is 9.59 Å². The summed E-state index contributed by atoms with van der Waals surface area (Å²) in [5.74, 6) is 0.0217. The van der Waals surface area contributed by atoms with Gasteiger partial charge in [0.05, 0.1) is 25.1 Å². The lowest BCUT2D eigenvalue weighted by Gasteiger charge is -2.26. The van der Waals surface area contributed by atoms with Gasteiger partial charge < -0.3 is 9.47 Å². The Morgan fingerprint density at radius 3 is 2.53 bits per heavy atom. The zero-order valence-electron chi connectivity index (χ0n) is 17.9. The molecular formula is C24H28N2O4. The first-order chi connectivity index (χ1) is 14.5. The molecule has 1 heterocycles. The Morgan fingerprint density at radius 1 is 1.17 bits per heavy atom. The molecule has 0 fully saturated rings. The van der Waals surface area contributed by atoms with Crippen molar-refractivity contribution in [3.05, 3.63) is 59.7 Å². The summed E-state index contributed by atoms with van der Waals surface area (Å²) in [5.41, 5.74) is 3.01. The Balaban J connectivity index is 2.23. The maximum atomic E-state index is 13.6. The van der Waals surface area contributed by atoms with Crippen LogP contribution in [0.25, 0.3) is 0 Å². The second-order valence-electron chi connectivity index (χ2n) is 7.29. The number of carbonyl (C=O) groups excluding carboxylic acids is 2. The summed E-state index contributed by atoms with van der Waals surface area (Å²) in [7, 11) is 1.60. The molecule has 1 aliphatic heterocycles. The lowest BCUT2D eigenvalue weighted by atomic mass is 9.98. The van der Waals surface area contributed by atoms with Crippen LogP contribution in [-0.2, 0) is 14.3 Å². The van der Waals surface area contributed by atoms with Crippen molar-refractivity contribution >= 4 is 23.3 Å².